The number of nitrogens with zero attached hydrogens (tertiary/aromatic N) is 2. The third-order valence-corrected chi connectivity index (χ3v) is 4.05. The second kappa shape index (κ2) is 9.63. The normalized spacial score (nSPS) is 12.5. The summed E-state index contributed by atoms with van der Waals surface area (Å²) in [5, 5.41) is 12.6. The number of benzene rings is 2. The smallest absolute Gasteiger partial charge is 0.231 e. The van der Waals surface area contributed by atoms with Crippen LogP contribution in [0.2, 0.25) is 0 Å². The first-order valence-corrected chi connectivity index (χ1v) is 8.18. The zero-order valence-corrected chi connectivity index (χ0v) is 17.3. The molecule has 7 heteroatoms. The Labute approximate surface area is 170 Å². The summed E-state index contributed by atoms with van der Waals surface area (Å²) in [6.45, 7) is 1.68. The van der Waals surface area contributed by atoms with Crippen LogP contribution in [0.25, 0.3) is 0 Å². The molecule has 0 fully saturated rings. The number of nitrogens with one attached hydrogen (secondary N) is 1. The molecule has 2 N–H and O–H groups in total. The number of aliphatic imine (C=N–C) groups is 1. The molecule has 1 heterocycles. The minimum atomic E-state index is 0. The van der Waals surface area contributed by atoms with Gasteiger partial charge >= 0.3 is 0 Å². The first-order valence-electron chi connectivity index (χ1n) is 8.18. The number of aliphatic hydroxyl groups is 1. The van der Waals surface area contributed by atoms with Crippen LogP contribution in [0.1, 0.15) is 16.7 Å². The van der Waals surface area contributed by atoms with Crippen LogP contribution in [-0.4, -0.2) is 36.9 Å². The van der Waals surface area contributed by atoms with Crippen LogP contribution in [-0.2, 0) is 19.7 Å². The van der Waals surface area contributed by atoms with Crippen LogP contribution < -0.4 is 14.8 Å². The maximum absolute atomic E-state index is 9.23. The van der Waals surface area contributed by atoms with Gasteiger partial charge in [-0.2, -0.15) is 0 Å². The van der Waals surface area contributed by atoms with Gasteiger partial charge in [0.15, 0.2) is 17.5 Å². The van der Waals surface area contributed by atoms with E-state index < -0.39 is 0 Å². The molecule has 0 amide bonds. The Kier molecular flexibility index (Phi) is 7.52. The summed E-state index contributed by atoms with van der Waals surface area (Å²) in [4.78, 5) is 6.39. The Morgan fingerprint density at radius 2 is 1.88 bits per heavy atom. The highest BCUT2D eigenvalue weighted by Crippen LogP contribution is 2.32. The highest BCUT2D eigenvalue weighted by atomic mass is 127. The summed E-state index contributed by atoms with van der Waals surface area (Å²) in [6, 6.07) is 13.8. The lowest BCUT2D eigenvalue weighted by Crippen LogP contribution is -2.38. The van der Waals surface area contributed by atoms with Crippen molar-refractivity contribution in [3.8, 4) is 11.5 Å². The first-order chi connectivity index (χ1) is 12.2. The number of halogens is 1. The number of ether oxygens (including phenoxy) is 2. The number of hydrogen-bond acceptors (Lipinski definition) is 4. The van der Waals surface area contributed by atoms with Crippen molar-refractivity contribution in [2.24, 2.45) is 4.99 Å². The number of aliphatic hydroxyl groups excluding tert-OH is 1. The average molecular weight is 469 g/mol. The van der Waals surface area contributed by atoms with Crippen molar-refractivity contribution in [3.63, 3.8) is 0 Å². The summed E-state index contributed by atoms with van der Waals surface area (Å²) in [5.74, 6) is 2.37. The molecule has 2 aromatic rings. The molecule has 0 aromatic heterocycles. The Bertz CT molecular complexity index is 767. The Morgan fingerprint density at radius 1 is 1.12 bits per heavy atom. The first kappa shape index (κ1) is 20.3. The van der Waals surface area contributed by atoms with E-state index in [1.807, 2.05) is 54.4 Å². The van der Waals surface area contributed by atoms with Crippen LogP contribution >= 0.6 is 24.0 Å². The second-order valence-electron chi connectivity index (χ2n) is 5.92. The standard InChI is InChI=1S/C19H23N3O3.HI/c1-20-19(21-10-14-4-3-5-16(8-14)12-23)22(2)11-15-6-7-17-18(9-15)25-13-24-17;/h3-9,23H,10-13H2,1-2H3,(H,20,21);1H. The van der Waals surface area contributed by atoms with E-state index in [4.69, 9.17) is 9.47 Å². The minimum Gasteiger partial charge on any atom is -0.454 e. The summed E-state index contributed by atoms with van der Waals surface area (Å²) < 4.78 is 10.8. The second-order valence-corrected chi connectivity index (χ2v) is 5.92. The largest absolute Gasteiger partial charge is 0.454 e. The van der Waals surface area contributed by atoms with Crippen molar-refractivity contribution in [1.82, 2.24) is 10.2 Å². The van der Waals surface area contributed by atoms with Crippen LogP contribution in [0.3, 0.4) is 0 Å². The fourth-order valence-electron chi connectivity index (χ4n) is 2.79. The molecule has 0 aliphatic carbocycles. The highest BCUT2D eigenvalue weighted by molar-refractivity contribution is 14.0. The predicted molar refractivity (Wildman–Crippen MR) is 112 cm³/mol. The fourth-order valence-corrected chi connectivity index (χ4v) is 2.79. The minimum absolute atomic E-state index is 0. The lowest BCUT2D eigenvalue weighted by molar-refractivity contribution is 0.174. The van der Waals surface area contributed by atoms with Crippen molar-refractivity contribution in [3.05, 3.63) is 59.2 Å². The number of fused-ring (bicyclic) bond motifs is 1. The number of hydrogen-bond donors (Lipinski definition) is 2. The zero-order valence-electron chi connectivity index (χ0n) is 14.9. The SMILES string of the molecule is CN=C(NCc1cccc(CO)c1)N(C)Cc1ccc2c(c1)OCO2.I. The monoisotopic (exact) mass is 469 g/mol. The van der Waals surface area contributed by atoms with E-state index in [1.165, 1.54) is 0 Å². The van der Waals surface area contributed by atoms with Crippen LogP contribution in [0.15, 0.2) is 47.5 Å². The Balaban J connectivity index is 0.00000243. The predicted octanol–water partition coefficient (Wildman–Crippen LogP) is 2.73. The maximum Gasteiger partial charge on any atom is 0.231 e. The van der Waals surface area contributed by atoms with Crippen LogP contribution in [0.4, 0.5) is 0 Å². The van der Waals surface area contributed by atoms with E-state index in [0.717, 1.165) is 34.1 Å². The fraction of sp³-hybridized carbons (Fsp3) is 0.316. The van der Waals surface area contributed by atoms with Crippen molar-refractivity contribution in [2.75, 3.05) is 20.9 Å². The molecule has 0 saturated carbocycles. The van der Waals surface area contributed by atoms with Gasteiger partial charge in [0.05, 0.1) is 6.61 Å². The molecular formula is C19H24IN3O3. The van der Waals surface area contributed by atoms with Crippen molar-refractivity contribution in [1.29, 1.82) is 0 Å². The maximum atomic E-state index is 9.23. The molecule has 6 nitrogen and oxygen atoms in total. The third kappa shape index (κ3) is 5.01. The van der Waals surface area contributed by atoms with Gasteiger partial charge in [0, 0.05) is 27.2 Å². The molecule has 0 radical (unpaired) electrons. The molecule has 3 rings (SSSR count). The molecule has 1 aliphatic rings. The number of guanidine groups is 1. The van der Waals surface area contributed by atoms with E-state index in [1.54, 1.807) is 7.05 Å². The Morgan fingerprint density at radius 3 is 2.65 bits per heavy atom. The lowest BCUT2D eigenvalue weighted by Gasteiger charge is -2.22. The highest BCUT2D eigenvalue weighted by Gasteiger charge is 2.14. The third-order valence-electron chi connectivity index (χ3n) is 4.05. The van der Waals surface area contributed by atoms with Gasteiger partial charge in [-0.3, -0.25) is 4.99 Å². The van der Waals surface area contributed by atoms with Crippen LogP contribution in [0.5, 0.6) is 11.5 Å². The van der Waals surface area contributed by atoms with Gasteiger partial charge in [0.2, 0.25) is 6.79 Å². The molecule has 0 saturated heterocycles. The van der Waals surface area contributed by atoms with Crippen molar-refractivity contribution in [2.45, 2.75) is 19.7 Å². The lowest BCUT2D eigenvalue weighted by atomic mass is 10.1. The molecular weight excluding hydrogens is 445 g/mol. The van der Waals surface area contributed by atoms with Gasteiger partial charge in [0.25, 0.3) is 0 Å². The molecule has 0 spiro atoms. The van der Waals surface area contributed by atoms with Gasteiger partial charge < -0.3 is 24.8 Å². The van der Waals surface area contributed by atoms with E-state index in [0.29, 0.717) is 13.1 Å². The average Bonchev–Trinajstić information content (AvgIpc) is 3.10. The zero-order chi connectivity index (χ0) is 17.6. The van der Waals surface area contributed by atoms with Gasteiger partial charge in [-0.1, -0.05) is 30.3 Å². The van der Waals surface area contributed by atoms with Crippen LogP contribution in [0, 0.1) is 0 Å². The molecule has 140 valence electrons. The van der Waals surface area contributed by atoms with E-state index in [2.05, 4.69) is 10.3 Å². The topological polar surface area (TPSA) is 66.3 Å². The quantitative estimate of drug-likeness (QED) is 0.401. The van der Waals surface area contributed by atoms with Gasteiger partial charge in [0.1, 0.15) is 0 Å². The van der Waals surface area contributed by atoms with Gasteiger partial charge in [-0.15, -0.1) is 24.0 Å². The Hall–Kier alpha value is -2.00. The molecule has 2 aromatic carbocycles. The summed E-state index contributed by atoms with van der Waals surface area (Å²) in [7, 11) is 3.76. The van der Waals surface area contributed by atoms with Crippen molar-refractivity contribution < 1.29 is 14.6 Å². The van der Waals surface area contributed by atoms with E-state index >= 15 is 0 Å². The van der Waals surface area contributed by atoms with Gasteiger partial charge in [-0.25, -0.2) is 0 Å². The molecule has 0 unspecified atom stereocenters. The summed E-state index contributed by atoms with van der Waals surface area (Å²) in [6.07, 6.45) is 0. The molecule has 0 atom stereocenters. The summed E-state index contributed by atoms with van der Waals surface area (Å²) in [5.41, 5.74) is 3.13. The number of rotatable bonds is 5. The van der Waals surface area contributed by atoms with E-state index in [9.17, 15) is 5.11 Å². The molecule has 1 aliphatic heterocycles. The van der Waals surface area contributed by atoms with Crippen molar-refractivity contribution >= 4 is 29.9 Å². The van der Waals surface area contributed by atoms with Gasteiger partial charge in [-0.05, 0) is 28.8 Å². The van der Waals surface area contributed by atoms with E-state index in [-0.39, 0.29) is 37.4 Å². The molecule has 0 bridgehead atoms. The molecule has 26 heavy (non-hydrogen) atoms. The summed E-state index contributed by atoms with van der Waals surface area (Å²) >= 11 is 0.